The summed E-state index contributed by atoms with van der Waals surface area (Å²) in [5.74, 6) is 0.904. The maximum Gasteiger partial charge on any atom is 0.255 e. The van der Waals surface area contributed by atoms with E-state index in [1.165, 1.54) is 5.56 Å². The molecule has 26 heavy (non-hydrogen) atoms. The number of rotatable bonds is 7. The first kappa shape index (κ1) is 19.8. The summed E-state index contributed by atoms with van der Waals surface area (Å²) in [5, 5.41) is 3.33. The number of hydrogen-bond acceptors (Lipinski definition) is 3. The molecule has 6 nitrogen and oxygen atoms in total. The molecule has 0 radical (unpaired) electrons. The second kappa shape index (κ2) is 9.82. The minimum absolute atomic E-state index is 0.130. The highest BCUT2D eigenvalue weighted by atomic mass is 79.9. The maximum atomic E-state index is 10.8. The van der Waals surface area contributed by atoms with Crippen molar-refractivity contribution in [2.24, 2.45) is 10.7 Å². The van der Waals surface area contributed by atoms with Gasteiger partial charge in [-0.1, -0.05) is 40.2 Å². The van der Waals surface area contributed by atoms with Crippen LogP contribution in [0.4, 0.5) is 0 Å². The lowest BCUT2D eigenvalue weighted by molar-refractivity contribution is -0.119. The number of halogens is 1. The van der Waals surface area contributed by atoms with Crippen LogP contribution in [-0.4, -0.2) is 37.5 Å². The number of benzene rings is 2. The normalized spacial score (nSPS) is 11.1. The molecule has 0 bridgehead atoms. The first-order valence-electron chi connectivity index (χ1n) is 8.14. The molecule has 0 heterocycles. The van der Waals surface area contributed by atoms with E-state index in [0.29, 0.717) is 12.3 Å². The summed E-state index contributed by atoms with van der Waals surface area (Å²) in [5.41, 5.74) is 7.31. The Bertz CT molecular complexity index is 762. The molecule has 0 spiro atoms. The standard InChI is InChI=1S/C19H23BrN4O2/c1-22-19(24(2)12-14-6-8-16(20)9-7-14)23-11-15-4-3-5-17(10-15)26-13-18(21)25/h3-10H,11-13H2,1-2H3,(H2,21,25)(H,22,23). The third kappa shape index (κ3) is 6.40. The van der Waals surface area contributed by atoms with Crippen LogP contribution in [0.25, 0.3) is 0 Å². The predicted molar refractivity (Wildman–Crippen MR) is 107 cm³/mol. The van der Waals surface area contributed by atoms with Gasteiger partial charge in [-0.15, -0.1) is 0 Å². The Morgan fingerprint density at radius 1 is 1.23 bits per heavy atom. The fourth-order valence-electron chi connectivity index (χ4n) is 2.40. The molecule has 0 aromatic heterocycles. The minimum atomic E-state index is -0.497. The van der Waals surface area contributed by atoms with Gasteiger partial charge in [0.1, 0.15) is 5.75 Å². The molecule has 0 atom stereocenters. The zero-order valence-electron chi connectivity index (χ0n) is 14.9. The predicted octanol–water partition coefficient (Wildman–Crippen LogP) is 2.52. The molecule has 2 aromatic rings. The first-order chi connectivity index (χ1) is 12.5. The second-order valence-corrected chi connectivity index (χ2v) is 6.70. The van der Waals surface area contributed by atoms with E-state index >= 15 is 0 Å². The molecule has 3 N–H and O–H groups in total. The number of hydrogen-bond donors (Lipinski definition) is 2. The summed E-state index contributed by atoms with van der Waals surface area (Å²) in [6.07, 6.45) is 0. The molecule has 0 saturated carbocycles. The summed E-state index contributed by atoms with van der Waals surface area (Å²) in [6.45, 7) is 1.20. The Balaban J connectivity index is 1.92. The lowest BCUT2D eigenvalue weighted by Crippen LogP contribution is -2.38. The van der Waals surface area contributed by atoms with Gasteiger partial charge in [-0.25, -0.2) is 0 Å². The van der Waals surface area contributed by atoms with Crippen molar-refractivity contribution in [1.82, 2.24) is 10.2 Å². The first-order valence-corrected chi connectivity index (χ1v) is 8.93. The van der Waals surface area contributed by atoms with Crippen molar-refractivity contribution in [3.63, 3.8) is 0 Å². The average molecular weight is 419 g/mol. The van der Waals surface area contributed by atoms with E-state index in [1.807, 2.05) is 37.4 Å². The lowest BCUT2D eigenvalue weighted by Gasteiger charge is -2.22. The number of guanidine groups is 1. The van der Waals surface area contributed by atoms with Crippen LogP contribution in [0.2, 0.25) is 0 Å². The summed E-state index contributed by atoms with van der Waals surface area (Å²) in [7, 11) is 3.75. The molecule has 0 unspecified atom stereocenters. The molecule has 7 heteroatoms. The van der Waals surface area contributed by atoms with Gasteiger partial charge in [0.15, 0.2) is 12.6 Å². The Hall–Kier alpha value is -2.54. The number of ether oxygens (including phenoxy) is 1. The summed E-state index contributed by atoms with van der Waals surface area (Å²) >= 11 is 3.44. The van der Waals surface area contributed by atoms with Gasteiger partial charge in [0.05, 0.1) is 0 Å². The van der Waals surface area contributed by atoms with Crippen LogP contribution in [0.3, 0.4) is 0 Å². The molecule has 0 saturated heterocycles. The van der Waals surface area contributed by atoms with E-state index in [9.17, 15) is 4.79 Å². The topological polar surface area (TPSA) is 80.0 Å². The highest BCUT2D eigenvalue weighted by Crippen LogP contribution is 2.14. The Morgan fingerprint density at radius 3 is 2.62 bits per heavy atom. The van der Waals surface area contributed by atoms with Gasteiger partial charge in [-0.3, -0.25) is 9.79 Å². The van der Waals surface area contributed by atoms with Crippen LogP contribution >= 0.6 is 15.9 Å². The summed E-state index contributed by atoms with van der Waals surface area (Å²) in [4.78, 5) is 17.2. The number of carbonyl (C=O) groups is 1. The van der Waals surface area contributed by atoms with Crippen LogP contribution in [0.1, 0.15) is 11.1 Å². The summed E-state index contributed by atoms with van der Waals surface area (Å²) < 4.78 is 6.39. The Kier molecular flexibility index (Phi) is 7.47. The monoisotopic (exact) mass is 418 g/mol. The van der Waals surface area contributed by atoms with Crippen LogP contribution in [0, 0.1) is 0 Å². The largest absolute Gasteiger partial charge is 0.484 e. The van der Waals surface area contributed by atoms with Gasteiger partial charge >= 0.3 is 0 Å². The smallest absolute Gasteiger partial charge is 0.255 e. The maximum absolute atomic E-state index is 10.8. The molecule has 2 rings (SSSR count). The van der Waals surface area contributed by atoms with Crippen LogP contribution in [0.5, 0.6) is 5.75 Å². The number of nitrogens with zero attached hydrogens (tertiary/aromatic N) is 2. The van der Waals surface area contributed by atoms with Crippen LogP contribution in [0.15, 0.2) is 58.0 Å². The van der Waals surface area contributed by atoms with Gasteiger partial charge in [-0.2, -0.15) is 0 Å². The molecule has 0 aliphatic rings. The SMILES string of the molecule is CN=C(NCc1cccc(OCC(N)=O)c1)N(C)Cc1ccc(Br)cc1. The number of primary amides is 1. The molecule has 1 amide bonds. The molecule has 0 fully saturated rings. The van der Waals surface area contributed by atoms with Crippen molar-refractivity contribution in [2.75, 3.05) is 20.7 Å². The van der Waals surface area contributed by atoms with E-state index in [-0.39, 0.29) is 6.61 Å². The van der Waals surface area contributed by atoms with Crippen molar-refractivity contribution in [3.05, 3.63) is 64.1 Å². The zero-order chi connectivity index (χ0) is 18.9. The second-order valence-electron chi connectivity index (χ2n) is 5.79. The van der Waals surface area contributed by atoms with E-state index in [4.69, 9.17) is 10.5 Å². The highest BCUT2D eigenvalue weighted by molar-refractivity contribution is 9.10. The van der Waals surface area contributed by atoms with E-state index in [0.717, 1.165) is 22.5 Å². The van der Waals surface area contributed by atoms with Crippen molar-refractivity contribution < 1.29 is 9.53 Å². The summed E-state index contributed by atoms with van der Waals surface area (Å²) in [6, 6.07) is 15.7. The fourth-order valence-corrected chi connectivity index (χ4v) is 2.67. The molecule has 0 aliphatic heterocycles. The van der Waals surface area contributed by atoms with Gasteiger partial charge in [0.25, 0.3) is 5.91 Å². The van der Waals surface area contributed by atoms with Crippen molar-refractivity contribution in [2.45, 2.75) is 13.1 Å². The molecule has 0 aliphatic carbocycles. The third-order valence-electron chi connectivity index (χ3n) is 3.64. The molecular formula is C19H23BrN4O2. The number of amides is 1. The van der Waals surface area contributed by atoms with Crippen molar-refractivity contribution in [3.8, 4) is 5.75 Å². The van der Waals surface area contributed by atoms with Crippen LogP contribution < -0.4 is 15.8 Å². The Morgan fingerprint density at radius 2 is 1.96 bits per heavy atom. The number of carbonyl (C=O) groups excluding carboxylic acids is 1. The molecular weight excluding hydrogens is 396 g/mol. The minimum Gasteiger partial charge on any atom is -0.484 e. The van der Waals surface area contributed by atoms with Gasteiger partial charge < -0.3 is 20.7 Å². The Labute approximate surface area is 162 Å². The number of nitrogens with two attached hydrogens (primary N) is 1. The van der Waals surface area contributed by atoms with Crippen molar-refractivity contribution >= 4 is 27.8 Å². The molecule has 138 valence electrons. The van der Waals surface area contributed by atoms with E-state index in [2.05, 4.69) is 43.3 Å². The highest BCUT2D eigenvalue weighted by Gasteiger charge is 2.07. The van der Waals surface area contributed by atoms with Gasteiger partial charge in [0.2, 0.25) is 0 Å². The van der Waals surface area contributed by atoms with Crippen LogP contribution in [-0.2, 0) is 17.9 Å². The fraction of sp³-hybridized carbons (Fsp3) is 0.263. The van der Waals surface area contributed by atoms with E-state index < -0.39 is 5.91 Å². The molecule has 2 aromatic carbocycles. The van der Waals surface area contributed by atoms with Gasteiger partial charge in [0, 0.05) is 31.7 Å². The quantitative estimate of drug-likeness (QED) is 0.534. The third-order valence-corrected chi connectivity index (χ3v) is 4.17. The zero-order valence-corrected chi connectivity index (χ0v) is 16.5. The lowest BCUT2D eigenvalue weighted by atomic mass is 10.2. The number of aliphatic imine (C=N–C) groups is 1. The van der Waals surface area contributed by atoms with Crippen molar-refractivity contribution in [1.29, 1.82) is 0 Å². The van der Waals surface area contributed by atoms with E-state index in [1.54, 1.807) is 13.1 Å². The average Bonchev–Trinajstić information content (AvgIpc) is 2.63. The van der Waals surface area contributed by atoms with Gasteiger partial charge in [-0.05, 0) is 35.4 Å². The number of nitrogens with one attached hydrogen (secondary N) is 1.